The molecule has 1 N–H and O–H groups in total. The van der Waals surface area contributed by atoms with E-state index in [9.17, 15) is 0 Å². The summed E-state index contributed by atoms with van der Waals surface area (Å²) in [4.78, 5) is 2.42. The minimum absolute atomic E-state index is 0.600. The van der Waals surface area contributed by atoms with Crippen molar-refractivity contribution in [2.75, 3.05) is 45.4 Å². The molecule has 1 saturated heterocycles. The van der Waals surface area contributed by atoms with Gasteiger partial charge in [0.15, 0.2) is 0 Å². The summed E-state index contributed by atoms with van der Waals surface area (Å²) in [6.45, 7) is 6.50. The Hall–Kier alpha value is -1.10. The van der Waals surface area contributed by atoms with Gasteiger partial charge in [0, 0.05) is 52.2 Å². The predicted molar refractivity (Wildman–Crippen MR) is 87.0 cm³/mol. The molecule has 0 unspecified atom stereocenters. The molecule has 21 heavy (non-hydrogen) atoms. The Morgan fingerprint density at radius 2 is 2.10 bits per heavy atom. The zero-order valence-electron chi connectivity index (χ0n) is 13.5. The van der Waals surface area contributed by atoms with Crippen LogP contribution >= 0.6 is 0 Å². The van der Waals surface area contributed by atoms with Gasteiger partial charge >= 0.3 is 0 Å². The Labute approximate surface area is 128 Å². The standard InChI is InChI=1S/C17H28N2O2/c1-14-12-15(13-18-8-11-20-3)4-5-17(14)19(2)16-6-9-21-10-7-16/h4-5,12,16,18H,6-11,13H2,1-3H3. The zero-order chi connectivity index (χ0) is 15.1. The molecule has 0 aliphatic carbocycles. The highest BCUT2D eigenvalue weighted by Gasteiger charge is 2.19. The Morgan fingerprint density at radius 1 is 1.33 bits per heavy atom. The highest BCUT2D eigenvalue weighted by atomic mass is 16.5. The second-order valence-corrected chi connectivity index (χ2v) is 5.74. The van der Waals surface area contributed by atoms with Gasteiger partial charge in [0.1, 0.15) is 0 Å². The molecule has 0 amide bonds. The molecule has 0 aromatic heterocycles. The number of anilines is 1. The van der Waals surface area contributed by atoms with Gasteiger partial charge in [0.25, 0.3) is 0 Å². The molecule has 1 aromatic carbocycles. The number of hydrogen-bond donors (Lipinski definition) is 1. The number of rotatable bonds is 7. The maximum atomic E-state index is 5.45. The summed E-state index contributed by atoms with van der Waals surface area (Å²) in [5.41, 5.74) is 4.00. The van der Waals surface area contributed by atoms with Crippen molar-refractivity contribution in [3.63, 3.8) is 0 Å². The van der Waals surface area contributed by atoms with Crippen molar-refractivity contribution in [3.05, 3.63) is 29.3 Å². The van der Waals surface area contributed by atoms with E-state index in [1.807, 2.05) is 0 Å². The van der Waals surface area contributed by atoms with E-state index in [-0.39, 0.29) is 0 Å². The lowest BCUT2D eigenvalue weighted by Gasteiger charge is -2.34. The molecule has 0 atom stereocenters. The van der Waals surface area contributed by atoms with Gasteiger partial charge in [-0.2, -0.15) is 0 Å². The number of methoxy groups -OCH3 is 1. The maximum Gasteiger partial charge on any atom is 0.0587 e. The van der Waals surface area contributed by atoms with E-state index in [1.54, 1.807) is 7.11 Å². The number of aryl methyl sites for hydroxylation is 1. The highest BCUT2D eigenvalue weighted by molar-refractivity contribution is 5.54. The van der Waals surface area contributed by atoms with Crippen molar-refractivity contribution < 1.29 is 9.47 Å². The first kappa shape index (κ1) is 16.3. The van der Waals surface area contributed by atoms with E-state index in [0.717, 1.165) is 45.8 Å². The normalized spacial score (nSPS) is 16.1. The fourth-order valence-corrected chi connectivity index (χ4v) is 2.90. The van der Waals surface area contributed by atoms with E-state index in [1.165, 1.54) is 16.8 Å². The van der Waals surface area contributed by atoms with E-state index >= 15 is 0 Å². The topological polar surface area (TPSA) is 33.7 Å². The Balaban J connectivity index is 1.94. The molecule has 1 heterocycles. The van der Waals surface area contributed by atoms with Crippen LogP contribution in [0.4, 0.5) is 5.69 Å². The molecular weight excluding hydrogens is 264 g/mol. The SMILES string of the molecule is COCCNCc1ccc(N(C)C2CCOCC2)c(C)c1. The Kier molecular flexibility index (Phi) is 6.49. The first-order valence-corrected chi connectivity index (χ1v) is 7.82. The van der Waals surface area contributed by atoms with Gasteiger partial charge < -0.3 is 19.7 Å². The van der Waals surface area contributed by atoms with Crippen LogP contribution in [0.1, 0.15) is 24.0 Å². The first-order valence-electron chi connectivity index (χ1n) is 7.82. The largest absolute Gasteiger partial charge is 0.383 e. The number of nitrogens with one attached hydrogen (secondary N) is 1. The molecule has 0 saturated carbocycles. The molecule has 1 aromatic rings. The second kappa shape index (κ2) is 8.37. The fraction of sp³-hybridized carbons (Fsp3) is 0.647. The summed E-state index contributed by atoms with van der Waals surface area (Å²) in [6, 6.07) is 7.35. The van der Waals surface area contributed by atoms with Gasteiger partial charge in [-0.3, -0.25) is 0 Å². The number of ether oxygens (including phenoxy) is 2. The van der Waals surface area contributed by atoms with Gasteiger partial charge in [-0.25, -0.2) is 0 Å². The van der Waals surface area contributed by atoms with E-state index in [2.05, 4.69) is 42.4 Å². The molecule has 0 radical (unpaired) electrons. The monoisotopic (exact) mass is 292 g/mol. The fourth-order valence-electron chi connectivity index (χ4n) is 2.90. The lowest BCUT2D eigenvalue weighted by molar-refractivity contribution is 0.0854. The molecule has 4 nitrogen and oxygen atoms in total. The molecule has 0 bridgehead atoms. The summed E-state index contributed by atoms with van der Waals surface area (Å²) in [6.07, 6.45) is 2.24. The molecule has 1 aliphatic rings. The van der Waals surface area contributed by atoms with Crippen LogP contribution in [0.15, 0.2) is 18.2 Å². The van der Waals surface area contributed by atoms with Crippen molar-refractivity contribution in [3.8, 4) is 0 Å². The lowest BCUT2D eigenvalue weighted by Crippen LogP contribution is -2.37. The van der Waals surface area contributed by atoms with Gasteiger partial charge in [-0.15, -0.1) is 0 Å². The third kappa shape index (κ3) is 4.70. The third-order valence-electron chi connectivity index (χ3n) is 4.19. The van der Waals surface area contributed by atoms with Crippen LogP contribution in [0.5, 0.6) is 0 Å². The van der Waals surface area contributed by atoms with Gasteiger partial charge in [0.2, 0.25) is 0 Å². The van der Waals surface area contributed by atoms with Gasteiger partial charge in [0.05, 0.1) is 6.61 Å². The van der Waals surface area contributed by atoms with Crippen molar-refractivity contribution in [2.24, 2.45) is 0 Å². The Morgan fingerprint density at radius 3 is 2.76 bits per heavy atom. The van der Waals surface area contributed by atoms with E-state index in [4.69, 9.17) is 9.47 Å². The molecule has 2 rings (SSSR count). The average Bonchev–Trinajstić information content (AvgIpc) is 2.52. The minimum atomic E-state index is 0.600. The lowest BCUT2D eigenvalue weighted by atomic mass is 10.0. The van der Waals surface area contributed by atoms with Crippen LogP contribution in [-0.4, -0.2) is 46.6 Å². The molecule has 4 heteroatoms. The molecule has 118 valence electrons. The number of nitrogens with zero attached hydrogens (tertiary/aromatic N) is 1. The van der Waals surface area contributed by atoms with Gasteiger partial charge in [-0.05, 0) is 37.0 Å². The van der Waals surface area contributed by atoms with Crippen LogP contribution in [0.3, 0.4) is 0 Å². The summed E-state index contributed by atoms with van der Waals surface area (Å²) in [7, 11) is 3.93. The van der Waals surface area contributed by atoms with Crippen LogP contribution in [0.25, 0.3) is 0 Å². The van der Waals surface area contributed by atoms with Crippen molar-refractivity contribution >= 4 is 5.69 Å². The molecule has 0 spiro atoms. The first-order chi connectivity index (χ1) is 10.2. The smallest absolute Gasteiger partial charge is 0.0587 e. The zero-order valence-corrected chi connectivity index (χ0v) is 13.5. The van der Waals surface area contributed by atoms with E-state index in [0.29, 0.717) is 6.04 Å². The van der Waals surface area contributed by atoms with Crippen molar-refractivity contribution in [1.82, 2.24) is 5.32 Å². The summed E-state index contributed by atoms with van der Waals surface area (Å²) in [5.74, 6) is 0. The summed E-state index contributed by atoms with van der Waals surface area (Å²) in [5, 5.41) is 3.39. The minimum Gasteiger partial charge on any atom is -0.383 e. The quantitative estimate of drug-likeness (QED) is 0.782. The maximum absolute atomic E-state index is 5.45. The Bertz CT molecular complexity index is 431. The van der Waals surface area contributed by atoms with Crippen LogP contribution in [0.2, 0.25) is 0 Å². The van der Waals surface area contributed by atoms with Crippen LogP contribution < -0.4 is 10.2 Å². The third-order valence-corrected chi connectivity index (χ3v) is 4.19. The molecule has 1 aliphatic heterocycles. The summed E-state index contributed by atoms with van der Waals surface area (Å²) < 4.78 is 10.5. The molecule has 1 fully saturated rings. The van der Waals surface area contributed by atoms with Crippen LogP contribution in [0, 0.1) is 6.92 Å². The average molecular weight is 292 g/mol. The van der Waals surface area contributed by atoms with Crippen LogP contribution in [-0.2, 0) is 16.0 Å². The van der Waals surface area contributed by atoms with Gasteiger partial charge in [-0.1, -0.05) is 12.1 Å². The van der Waals surface area contributed by atoms with Crippen molar-refractivity contribution in [1.29, 1.82) is 0 Å². The second-order valence-electron chi connectivity index (χ2n) is 5.74. The number of benzene rings is 1. The molecular formula is C17H28N2O2. The summed E-state index contributed by atoms with van der Waals surface area (Å²) >= 11 is 0. The predicted octanol–water partition coefficient (Wildman–Crippen LogP) is 2.35. The van der Waals surface area contributed by atoms with Crippen molar-refractivity contribution in [2.45, 2.75) is 32.4 Å². The van der Waals surface area contributed by atoms with E-state index < -0.39 is 0 Å². The highest BCUT2D eigenvalue weighted by Crippen LogP contribution is 2.25. The number of hydrogen-bond acceptors (Lipinski definition) is 4.